The monoisotopic (exact) mass is 294 g/mol. The van der Waals surface area contributed by atoms with Crippen molar-refractivity contribution in [1.82, 2.24) is 4.90 Å². The Hall–Kier alpha value is -2.29. The van der Waals surface area contributed by atoms with Gasteiger partial charge in [0.05, 0.1) is 0 Å². The van der Waals surface area contributed by atoms with Gasteiger partial charge in [-0.1, -0.05) is 49.4 Å². The third-order valence-electron chi connectivity index (χ3n) is 4.31. The van der Waals surface area contributed by atoms with E-state index in [4.69, 9.17) is 0 Å². The number of rotatable bonds is 2. The molecule has 1 saturated heterocycles. The molecule has 1 N–H and O–H groups in total. The zero-order chi connectivity index (χ0) is 15.4. The highest BCUT2D eigenvalue weighted by molar-refractivity contribution is 5.89. The summed E-state index contributed by atoms with van der Waals surface area (Å²) in [4.78, 5) is 14.2. The minimum Gasteiger partial charge on any atom is -0.325 e. The molecule has 3 heteroatoms. The number of carbonyl (C=O) groups is 1. The fourth-order valence-corrected chi connectivity index (χ4v) is 2.79. The van der Waals surface area contributed by atoms with Crippen LogP contribution in [0.2, 0.25) is 0 Å². The summed E-state index contributed by atoms with van der Waals surface area (Å²) in [5.74, 6) is 0.731. The summed E-state index contributed by atoms with van der Waals surface area (Å²) < 4.78 is 0. The van der Waals surface area contributed by atoms with Gasteiger partial charge in [-0.05, 0) is 42.0 Å². The molecule has 1 aliphatic rings. The third-order valence-corrected chi connectivity index (χ3v) is 4.31. The number of urea groups is 1. The minimum absolute atomic E-state index is 0.0133. The van der Waals surface area contributed by atoms with Crippen molar-refractivity contribution in [3.63, 3.8) is 0 Å². The van der Waals surface area contributed by atoms with Gasteiger partial charge in [-0.2, -0.15) is 0 Å². The van der Waals surface area contributed by atoms with E-state index in [0.717, 1.165) is 43.1 Å². The lowest BCUT2D eigenvalue weighted by atomic mass is 10.00. The molecular formula is C19H22N2O. The van der Waals surface area contributed by atoms with Crippen LogP contribution in [0, 0.1) is 5.92 Å². The van der Waals surface area contributed by atoms with Gasteiger partial charge in [0, 0.05) is 18.8 Å². The molecule has 3 nitrogen and oxygen atoms in total. The van der Waals surface area contributed by atoms with Crippen LogP contribution in [0.4, 0.5) is 10.5 Å². The SMILES string of the molecule is CC1CCN(C(=O)Nc2ccc(-c3ccccc3)cc2)CC1. The maximum Gasteiger partial charge on any atom is 0.321 e. The molecule has 1 fully saturated rings. The van der Waals surface area contributed by atoms with Crippen molar-refractivity contribution in [2.75, 3.05) is 18.4 Å². The molecule has 0 spiro atoms. The number of nitrogens with one attached hydrogen (secondary N) is 1. The zero-order valence-electron chi connectivity index (χ0n) is 13.0. The normalized spacial score (nSPS) is 15.6. The molecule has 3 rings (SSSR count). The summed E-state index contributed by atoms with van der Waals surface area (Å²) in [5, 5.41) is 2.99. The number of hydrogen-bond acceptors (Lipinski definition) is 1. The number of likely N-dealkylation sites (tertiary alicyclic amines) is 1. The molecule has 0 aliphatic carbocycles. The van der Waals surface area contributed by atoms with E-state index in [1.54, 1.807) is 0 Å². The molecule has 2 aromatic rings. The van der Waals surface area contributed by atoms with E-state index in [9.17, 15) is 4.79 Å². The van der Waals surface area contributed by atoms with Crippen LogP contribution in [-0.2, 0) is 0 Å². The van der Waals surface area contributed by atoms with Crippen LogP contribution in [-0.4, -0.2) is 24.0 Å². The van der Waals surface area contributed by atoms with Crippen LogP contribution in [0.25, 0.3) is 11.1 Å². The van der Waals surface area contributed by atoms with E-state index < -0.39 is 0 Å². The highest BCUT2D eigenvalue weighted by Crippen LogP contribution is 2.22. The molecule has 2 amide bonds. The van der Waals surface area contributed by atoms with E-state index in [0.29, 0.717) is 0 Å². The summed E-state index contributed by atoms with van der Waals surface area (Å²) in [6.07, 6.45) is 2.20. The molecule has 0 saturated carbocycles. The molecule has 22 heavy (non-hydrogen) atoms. The lowest BCUT2D eigenvalue weighted by molar-refractivity contribution is 0.186. The fourth-order valence-electron chi connectivity index (χ4n) is 2.79. The predicted octanol–water partition coefficient (Wildman–Crippen LogP) is 4.62. The average molecular weight is 294 g/mol. The molecule has 2 aromatic carbocycles. The number of nitrogens with zero attached hydrogens (tertiary/aromatic N) is 1. The highest BCUT2D eigenvalue weighted by Gasteiger charge is 2.20. The second kappa shape index (κ2) is 6.65. The van der Waals surface area contributed by atoms with Crippen molar-refractivity contribution in [2.24, 2.45) is 5.92 Å². The first kappa shape index (κ1) is 14.6. The maximum absolute atomic E-state index is 12.2. The van der Waals surface area contributed by atoms with Crippen LogP contribution in [0.3, 0.4) is 0 Å². The Balaban J connectivity index is 1.62. The average Bonchev–Trinajstić information content (AvgIpc) is 2.57. The lowest BCUT2D eigenvalue weighted by Crippen LogP contribution is -2.40. The highest BCUT2D eigenvalue weighted by atomic mass is 16.2. The molecular weight excluding hydrogens is 272 g/mol. The number of piperidine rings is 1. The molecule has 0 radical (unpaired) electrons. The topological polar surface area (TPSA) is 32.3 Å². The van der Waals surface area contributed by atoms with Gasteiger partial charge in [0.15, 0.2) is 0 Å². The van der Waals surface area contributed by atoms with Crippen molar-refractivity contribution < 1.29 is 4.79 Å². The van der Waals surface area contributed by atoms with E-state index in [1.165, 1.54) is 5.56 Å². The van der Waals surface area contributed by atoms with Gasteiger partial charge in [0.1, 0.15) is 0 Å². The second-order valence-electron chi connectivity index (χ2n) is 6.04. The first-order chi connectivity index (χ1) is 10.7. The Morgan fingerprint density at radius 1 is 0.955 bits per heavy atom. The van der Waals surface area contributed by atoms with Crippen LogP contribution in [0.5, 0.6) is 0 Å². The number of anilines is 1. The van der Waals surface area contributed by atoms with Crippen molar-refractivity contribution in [2.45, 2.75) is 19.8 Å². The molecule has 1 heterocycles. The summed E-state index contributed by atoms with van der Waals surface area (Å²) in [7, 11) is 0. The van der Waals surface area contributed by atoms with Crippen LogP contribution >= 0.6 is 0 Å². The van der Waals surface area contributed by atoms with Crippen molar-refractivity contribution in [3.05, 3.63) is 54.6 Å². The summed E-state index contributed by atoms with van der Waals surface area (Å²) in [5.41, 5.74) is 3.19. The fraction of sp³-hybridized carbons (Fsp3) is 0.316. The van der Waals surface area contributed by atoms with E-state index >= 15 is 0 Å². The number of amides is 2. The van der Waals surface area contributed by atoms with Crippen molar-refractivity contribution >= 4 is 11.7 Å². The minimum atomic E-state index is 0.0133. The molecule has 0 atom stereocenters. The van der Waals surface area contributed by atoms with E-state index in [1.807, 2.05) is 47.4 Å². The van der Waals surface area contributed by atoms with E-state index in [-0.39, 0.29) is 6.03 Å². The van der Waals surface area contributed by atoms with Gasteiger partial charge in [0.25, 0.3) is 0 Å². The standard InChI is InChI=1S/C19H22N2O/c1-15-11-13-21(14-12-15)19(22)20-18-9-7-17(8-10-18)16-5-3-2-4-6-16/h2-10,15H,11-14H2,1H3,(H,20,22). The zero-order valence-corrected chi connectivity index (χ0v) is 13.0. The number of hydrogen-bond donors (Lipinski definition) is 1. The number of carbonyl (C=O) groups excluding carboxylic acids is 1. The van der Waals surface area contributed by atoms with Gasteiger partial charge in [-0.3, -0.25) is 0 Å². The second-order valence-corrected chi connectivity index (χ2v) is 6.04. The third kappa shape index (κ3) is 3.48. The summed E-state index contributed by atoms with van der Waals surface area (Å²) in [6.45, 7) is 3.96. The smallest absolute Gasteiger partial charge is 0.321 e. The Labute approximate surface area is 132 Å². The molecule has 114 valence electrons. The van der Waals surface area contributed by atoms with Gasteiger partial charge < -0.3 is 10.2 Å². The van der Waals surface area contributed by atoms with Crippen molar-refractivity contribution in [3.8, 4) is 11.1 Å². The molecule has 0 unspecified atom stereocenters. The Kier molecular flexibility index (Phi) is 4.42. The van der Waals surface area contributed by atoms with Gasteiger partial charge in [-0.25, -0.2) is 4.79 Å². The largest absolute Gasteiger partial charge is 0.325 e. The van der Waals surface area contributed by atoms with Crippen LogP contribution in [0.15, 0.2) is 54.6 Å². The van der Waals surface area contributed by atoms with Crippen LogP contribution < -0.4 is 5.32 Å². The van der Waals surface area contributed by atoms with Crippen molar-refractivity contribution in [1.29, 1.82) is 0 Å². The first-order valence-corrected chi connectivity index (χ1v) is 7.94. The lowest BCUT2D eigenvalue weighted by Gasteiger charge is -2.30. The van der Waals surface area contributed by atoms with Crippen LogP contribution in [0.1, 0.15) is 19.8 Å². The van der Waals surface area contributed by atoms with Gasteiger partial charge >= 0.3 is 6.03 Å². The molecule has 1 aliphatic heterocycles. The summed E-state index contributed by atoms with van der Waals surface area (Å²) >= 11 is 0. The first-order valence-electron chi connectivity index (χ1n) is 7.94. The Morgan fingerprint density at radius 3 is 2.18 bits per heavy atom. The Bertz CT molecular complexity index is 614. The van der Waals surface area contributed by atoms with E-state index in [2.05, 4.69) is 24.4 Å². The predicted molar refractivity (Wildman–Crippen MR) is 90.9 cm³/mol. The van der Waals surface area contributed by atoms with Gasteiger partial charge in [0.2, 0.25) is 0 Å². The Morgan fingerprint density at radius 2 is 1.55 bits per heavy atom. The molecule has 0 bridgehead atoms. The van der Waals surface area contributed by atoms with Gasteiger partial charge in [-0.15, -0.1) is 0 Å². The quantitative estimate of drug-likeness (QED) is 0.861. The maximum atomic E-state index is 12.2. The molecule has 0 aromatic heterocycles. The number of benzene rings is 2. The summed E-state index contributed by atoms with van der Waals surface area (Å²) in [6, 6.07) is 18.3.